The maximum Gasteiger partial charge on any atom is 0.188 e. The van der Waals surface area contributed by atoms with E-state index in [0.29, 0.717) is 12.5 Å². The average molecular weight is 380 g/mol. The van der Waals surface area contributed by atoms with Crippen LogP contribution in [0.5, 0.6) is 0 Å². The van der Waals surface area contributed by atoms with Crippen molar-refractivity contribution < 1.29 is 4.74 Å². The minimum absolute atomic E-state index is 0. The van der Waals surface area contributed by atoms with Gasteiger partial charge in [-0.3, -0.25) is 9.89 Å². The van der Waals surface area contributed by atoms with Crippen LogP contribution in [0.4, 0.5) is 0 Å². The number of nitrogens with two attached hydrogens (primary N) is 1. The molecule has 3 N–H and O–H groups in total. The van der Waals surface area contributed by atoms with E-state index in [1.807, 2.05) is 6.92 Å². The Labute approximate surface area is 132 Å². The second-order valence-corrected chi connectivity index (χ2v) is 5.34. The van der Waals surface area contributed by atoms with Gasteiger partial charge in [-0.05, 0) is 19.8 Å². The maximum atomic E-state index is 5.84. The maximum absolute atomic E-state index is 5.84. The molecule has 0 spiro atoms. The fourth-order valence-corrected chi connectivity index (χ4v) is 2.29. The second-order valence-electron chi connectivity index (χ2n) is 5.34. The molecule has 1 saturated heterocycles. The van der Waals surface area contributed by atoms with E-state index in [1.165, 1.54) is 12.8 Å². The van der Waals surface area contributed by atoms with Crippen LogP contribution in [0.3, 0.4) is 0 Å². The Hall–Kier alpha value is -0.340. The third-order valence-corrected chi connectivity index (χ3v) is 3.62. The summed E-state index contributed by atoms with van der Waals surface area (Å²) in [6, 6.07) is 0. The van der Waals surface area contributed by atoms with Gasteiger partial charge in [-0.1, -0.05) is 12.2 Å². The van der Waals surface area contributed by atoms with E-state index in [9.17, 15) is 0 Å². The predicted octanol–water partition coefficient (Wildman–Crippen LogP) is 0.950. The second kappa shape index (κ2) is 7.44. The summed E-state index contributed by atoms with van der Waals surface area (Å²) in [6.45, 7) is 11.0. The molecule has 1 aliphatic carbocycles. The standard InChI is InChI=1S/C13H24N4O.HI/c1-11(2)9-15-12(14)16-10-13(3-4-13)17-5-7-18-8-6-17;/h1,3-10H2,2H3,(H3,14,15,16);1H. The number of halogens is 1. The Bertz CT molecular complexity index is 336. The van der Waals surface area contributed by atoms with Gasteiger partial charge < -0.3 is 15.8 Å². The molecule has 110 valence electrons. The molecule has 0 unspecified atom stereocenters. The van der Waals surface area contributed by atoms with E-state index < -0.39 is 0 Å². The van der Waals surface area contributed by atoms with Crippen LogP contribution in [0.1, 0.15) is 19.8 Å². The molecule has 1 aliphatic heterocycles. The monoisotopic (exact) mass is 380 g/mol. The summed E-state index contributed by atoms with van der Waals surface area (Å²) in [5.74, 6) is 0.525. The number of rotatable bonds is 5. The van der Waals surface area contributed by atoms with E-state index in [2.05, 4.69) is 21.8 Å². The predicted molar refractivity (Wildman–Crippen MR) is 89.1 cm³/mol. The Morgan fingerprint density at radius 1 is 1.42 bits per heavy atom. The molecule has 5 nitrogen and oxygen atoms in total. The molecule has 0 aromatic carbocycles. The number of guanidine groups is 1. The van der Waals surface area contributed by atoms with Crippen molar-refractivity contribution in [3.8, 4) is 0 Å². The van der Waals surface area contributed by atoms with E-state index in [1.54, 1.807) is 0 Å². The number of hydrogen-bond acceptors (Lipinski definition) is 3. The van der Waals surface area contributed by atoms with E-state index in [4.69, 9.17) is 10.5 Å². The Balaban J connectivity index is 0.00000180. The van der Waals surface area contributed by atoms with Crippen LogP contribution >= 0.6 is 24.0 Å². The molecule has 0 atom stereocenters. The lowest BCUT2D eigenvalue weighted by Crippen LogP contribution is -2.47. The quantitative estimate of drug-likeness (QED) is 0.323. The van der Waals surface area contributed by atoms with Crippen molar-refractivity contribution in [2.75, 3.05) is 39.4 Å². The van der Waals surface area contributed by atoms with Crippen LogP contribution in [0.15, 0.2) is 17.1 Å². The summed E-state index contributed by atoms with van der Waals surface area (Å²) in [5.41, 5.74) is 7.16. The van der Waals surface area contributed by atoms with Gasteiger partial charge in [0.05, 0.1) is 19.8 Å². The van der Waals surface area contributed by atoms with Crippen LogP contribution in [-0.4, -0.2) is 55.8 Å². The number of morpholine rings is 1. The van der Waals surface area contributed by atoms with Crippen LogP contribution in [0.2, 0.25) is 0 Å². The van der Waals surface area contributed by atoms with Crippen molar-refractivity contribution in [2.24, 2.45) is 10.7 Å². The first-order valence-electron chi connectivity index (χ1n) is 6.63. The number of hydrogen-bond donors (Lipinski definition) is 2. The fraction of sp³-hybridized carbons (Fsp3) is 0.769. The van der Waals surface area contributed by atoms with Gasteiger partial charge >= 0.3 is 0 Å². The van der Waals surface area contributed by atoms with Gasteiger partial charge in [0.2, 0.25) is 0 Å². The Morgan fingerprint density at radius 3 is 2.58 bits per heavy atom. The van der Waals surface area contributed by atoms with Crippen LogP contribution in [-0.2, 0) is 4.74 Å². The molecule has 0 amide bonds. The third-order valence-electron chi connectivity index (χ3n) is 3.62. The van der Waals surface area contributed by atoms with Crippen molar-refractivity contribution in [3.05, 3.63) is 12.2 Å². The van der Waals surface area contributed by atoms with Crippen molar-refractivity contribution >= 4 is 29.9 Å². The van der Waals surface area contributed by atoms with Crippen molar-refractivity contribution in [1.29, 1.82) is 0 Å². The molecule has 0 aromatic rings. The SMILES string of the molecule is C=C(C)CNC(N)=NCC1(N2CCOCC2)CC1.I. The third kappa shape index (κ3) is 4.92. The molecule has 2 fully saturated rings. The molecule has 19 heavy (non-hydrogen) atoms. The van der Waals surface area contributed by atoms with Crippen molar-refractivity contribution in [1.82, 2.24) is 10.2 Å². The van der Waals surface area contributed by atoms with Gasteiger partial charge in [0, 0.05) is 25.2 Å². The number of aliphatic imine (C=N–C) groups is 1. The fourth-order valence-electron chi connectivity index (χ4n) is 2.29. The van der Waals surface area contributed by atoms with Gasteiger partial charge in [-0.25, -0.2) is 0 Å². The molecular weight excluding hydrogens is 355 g/mol. The number of nitrogens with one attached hydrogen (secondary N) is 1. The first kappa shape index (κ1) is 16.7. The summed E-state index contributed by atoms with van der Waals surface area (Å²) < 4.78 is 5.39. The van der Waals surface area contributed by atoms with Crippen LogP contribution in [0, 0.1) is 0 Å². The highest BCUT2D eigenvalue weighted by atomic mass is 127. The molecule has 1 heterocycles. The van der Waals surface area contributed by atoms with Gasteiger partial charge in [-0.2, -0.15) is 0 Å². The Kier molecular flexibility index (Phi) is 6.55. The zero-order valence-corrected chi connectivity index (χ0v) is 14.0. The molecule has 2 aliphatic rings. The van der Waals surface area contributed by atoms with E-state index in [0.717, 1.165) is 38.4 Å². The van der Waals surface area contributed by atoms with Gasteiger partial charge in [0.15, 0.2) is 5.96 Å². The zero-order chi connectivity index (χ0) is 13.0. The Morgan fingerprint density at radius 2 is 2.05 bits per heavy atom. The zero-order valence-electron chi connectivity index (χ0n) is 11.7. The molecular formula is C13H25IN4O. The minimum atomic E-state index is 0. The summed E-state index contributed by atoms with van der Waals surface area (Å²) in [6.07, 6.45) is 2.45. The van der Waals surface area contributed by atoms with Crippen LogP contribution in [0.25, 0.3) is 0 Å². The topological polar surface area (TPSA) is 62.9 Å². The van der Waals surface area contributed by atoms with Crippen molar-refractivity contribution in [2.45, 2.75) is 25.3 Å². The minimum Gasteiger partial charge on any atom is -0.379 e. The lowest BCUT2D eigenvalue weighted by atomic mass is 10.2. The molecule has 0 aromatic heterocycles. The summed E-state index contributed by atoms with van der Waals surface area (Å²) in [5, 5.41) is 3.07. The normalized spacial score (nSPS) is 22.5. The first-order valence-corrected chi connectivity index (χ1v) is 6.63. The molecule has 0 bridgehead atoms. The van der Waals surface area contributed by atoms with Gasteiger partial charge in [0.1, 0.15) is 0 Å². The van der Waals surface area contributed by atoms with Gasteiger partial charge in [-0.15, -0.1) is 24.0 Å². The van der Waals surface area contributed by atoms with E-state index >= 15 is 0 Å². The van der Waals surface area contributed by atoms with Gasteiger partial charge in [0.25, 0.3) is 0 Å². The molecule has 0 radical (unpaired) electrons. The van der Waals surface area contributed by atoms with Crippen molar-refractivity contribution in [3.63, 3.8) is 0 Å². The molecule has 1 saturated carbocycles. The summed E-state index contributed by atoms with van der Waals surface area (Å²) in [7, 11) is 0. The first-order chi connectivity index (χ1) is 8.62. The molecule has 2 rings (SSSR count). The molecule has 6 heteroatoms. The summed E-state index contributed by atoms with van der Waals surface area (Å²) >= 11 is 0. The smallest absolute Gasteiger partial charge is 0.188 e. The summed E-state index contributed by atoms with van der Waals surface area (Å²) in [4.78, 5) is 6.97. The lowest BCUT2D eigenvalue weighted by Gasteiger charge is -2.34. The van der Waals surface area contributed by atoms with E-state index in [-0.39, 0.29) is 29.5 Å². The largest absolute Gasteiger partial charge is 0.379 e. The lowest BCUT2D eigenvalue weighted by molar-refractivity contribution is 0.0117. The highest BCUT2D eigenvalue weighted by Crippen LogP contribution is 2.42. The number of ether oxygens (including phenoxy) is 1. The highest BCUT2D eigenvalue weighted by molar-refractivity contribution is 14.0. The highest BCUT2D eigenvalue weighted by Gasteiger charge is 2.47. The average Bonchev–Trinajstić information content (AvgIpc) is 3.16. The number of nitrogens with zero attached hydrogens (tertiary/aromatic N) is 2. The van der Waals surface area contributed by atoms with Crippen LogP contribution < -0.4 is 11.1 Å².